The van der Waals surface area contributed by atoms with Crippen LogP contribution in [0.25, 0.3) is 27.3 Å². The molecule has 164 valence electrons. The zero-order chi connectivity index (χ0) is 22.8. The highest BCUT2D eigenvalue weighted by atomic mass is 79.9. The fourth-order valence-corrected chi connectivity index (χ4v) is 5.88. The van der Waals surface area contributed by atoms with E-state index in [1.54, 1.807) is 0 Å². The van der Waals surface area contributed by atoms with Gasteiger partial charge in [-0.15, -0.1) is 10.2 Å². The predicted molar refractivity (Wildman–Crippen MR) is 141 cm³/mol. The van der Waals surface area contributed by atoms with E-state index in [0.717, 1.165) is 30.4 Å². The lowest BCUT2D eigenvalue weighted by atomic mass is 10.2. The Morgan fingerprint density at radius 2 is 1.79 bits per heavy atom. The van der Waals surface area contributed by atoms with E-state index in [9.17, 15) is 4.79 Å². The highest BCUT2D eigenvalue weighted by Crippen LogP contribution is 2.32. The fraction of sp³-hybridized carbons (Fsp3) is 0.0435. The van der Waals surface area contributed by atoms with Gasteiger partial charge in [-0.2, -0.15) is 0 Å². The number of fused-ring (bicyclic) bond motifs is 1. The largest absolute Gasteiger partial charge is 0.301 e. The van der Waals surface area contributed by atoms with Gasteiger partial charge in [0.2, 0.25) is 5.91 Å². The Morgan fingerprint density at radius 1 is 1.00 bits per heavy atom. The Morgan fingerprint density at radius 3 is 2.61 bits per heavy atom. The molecule has 2 aromatic heterocycles. The number of aromatic nitrogens is 4. The Kier molecular flexibility index (Phi) is 6.59. The molecule has 2 heterocycles. The van der Waals surface area contributed by atoms with Crippen LogP contribution in [0.3, 0.4) is 0 Å². The maximum atomic E-state index is 12.7. The van der Waals surface area contributed by atoms with Crippen molar-refractivity contribution in [1.29, 1.82) is 0 Å². The number of thioether (sulfide) groups is 1. The van der Waals surface area contributed by atoms with Crippen LogP contribution in [-0.2, 0) is 4.79 Å². The standard InChI is InChI=1S/C23H15Br2N5OS2/c24-14-10-11-18-19(12-14)33-22(26-18)27-20(31)13-32-23-29-28-21(16-8-4-5-9-17(16)25)30(23)15-6-2-1-3-7-15/h1-12H,13H2,(H,26,27,31). The van der Waals surface area contributed by atoms with Crippen LogP contribution in [0, 0.1) is 0 Å². The molecule has 1 amide bonds. The van der Waals surface area contributed by atoms with Crippen molar-refractivity contribution in [2.45, 2.75) is 5.16 Å². The number of hydrogen-bond donors (Lipinski definition) is 1. The number of para-hydroxylation sites is 1. The van der Waals surface area contributed by atoms with Crippen molar-refractivity contribution in [2.24, 2.45) is 0 Å². The molecule has 5 aromatic rings. The fourth-order valence-electron chi connectivity index (χ4n) is 3.23. The summed E-state index contributed by atoms with van der Waals surface area (Å²) in [4.78, 5) is 17.2. The monoisotopic (exact) mass is 599 g/mol. The van der Waals surface area contributed by atoms with E-state index in [4.69, 9.17) is 0 Å². The molecule has 3 aromatic carbocycles. The highest BCUT2D eigenvalue weighted by molar-refractivity contribution is 9.10. The van der Waals surface area contributed by atoms with Gasteiger partial charge in [0.15, 0.2) is 16.1 Å². The number of benzene rings is 3. The van der Waals surface area contributed by atoms with Crippen molar-refractivity contribution in [1.82, 2.24) is 19.7 Å². The van der Waals surface area contributed by atoms with Crippen molar-refractivity contribution in [2.75, 3.05) is 11.1 Å². The summed E-state index contributed by atoms with van der Waals surface area (Å²) in [6, 6.07) is 23.6. The van der Waals surface area contributed by atoms with Crippen molar-refractivity contribution < 1.29 is 4.79 Å². The minimum atomic E-state index is -0.150. The van der Waals surface area contributed by atoms with E-state index in [1.807, 2.05) is 77.4 Å². The number of halogens is 2. The zero-order valence-electron chi connectivity index (χ0n) is 16.9. The summed E-state index contributed by atoms with van der Waals surface area (Å²) in [5, 5.41) is 12.9. The van der Waals surface area contributed by atoms with E-state index >= 15 is 0 Å². The molecule has 1 N–H and O–H groups in total. The van der Waals surface area contributed by atoms with E-state index in [-0.39, 0.29) is 11.7 Å². The molecule has 10 heteroatoms. The third-order valence-electron chi connectivity index (χ3n) is 4.69. The van der Waals surface area contributed by atoms with Gasteiger partial charge in [0.05, 0.1) is 16.0 Å². The first-order chi connectivity index (χ1) is 16.1. The third-order valence-corrected chi connectivity index (χ3v) is 7.74. The molecule has 0 aliphatic heterocycles. The van der Waals surface area contributed by atoms with Crippen LogP contribution >= 0.6 is 55.0 Å². The Labute approximate surface area is 214 Å². The summed E-state index contributed by atoms with van der Waals surface area (Å²) >= 11 is 9.84. The van der Waals surface area contributed by atoms with E-state index in [2.05, 4.69) is 52.4 Å². The van der Waals surface area contributed by atoms with Crippen molar-refractivity contribution in [3.8, 4) is 17.1 Å². The van der Waals surface area contributed by atoms with Gasteiger partial charge in [-0.1, -0.05) is 91.4 Å². The topological polar surface area (TPSA) is 72.7 Å². The van der Waals surface area contributed by atoms with Crippen LogP contribution in [0.2, 0.25) is 0 Å². The maximum absolute atomic E-state index is 12.7. The first-order valence-corrected chi connectivity index (χ1v) is 13.2. The molecule has 0 unspecified atom stereocenters. The molecule has 0 bridgehead atoms. The number of hydrogen-bond acceptors (Lipinski definition) is 6. The van der Waals surface area contributed by atoms with Gasteiger partial charge in [0.25, 0.3) is 0 Å². The van der Waals surface area contributed by atoms with Gasteiger partial charge in [0, 0.05) is 20.2 Å². The summed E-state index contributed by atoms with van der Waals surface area (Å²) in [6.45, 7) is 0. The Hall–Kier alpha value is -2.53. The summed E-state index contributed by atoms with van der Waals surface area (Å²) < 4.78 is 4.88. The minimum absolute atomic E-state index is 0.150. The molecular weight excluding hydrogens is 586 g/mol. The lowest BCUT2D eigenvalue weighted by molar-refractivity contribution is -0.113. The predicted octanol–water partition coefficient (Wildman–Crippen LogP) is 6.80. The number of anilines is 1. The summed E-state index contributed by atoms with van der Waals surface area (Å²) in [5.41, 5.74) is 2.70. The van der Waals surface area contributed by atoms with Crippen molar-refractivity contribution >= 4 is 76.2 Å². The van der Waals surface area contributed by atoms with Crippen LogP contribution in [0.15, 0.2) is 86.9 Å². The number of carbonyl (C=O) groups is 1. The molecular formula is C23H15Br2N5OS2. The molecule has 5 rings (SSSR count). The van der Waals surface area contributed by atoms with Gasteiger partial charge < -0.3 is 5.32 Å². The summed E-state index contributed by atoms with van der Waals surface area (Å²) in [6.07, 6.45) is 0. The molecule has 0 spiro atoms. The van der Waals surface area contributed by atoms with E-state index < -0.39 is 0 Å². The van der Waals surface area contributed by atoms with Crippen LogP contribution < -0.4 is 5.32 Å². The number of nitrogens with zero attached hydrogens (tertiary/aromatic N) is 4. The molecule has 0 saturated heterocycles. The SMILES string of the molecule is O=C(CSc1nnc(-c2ccccc2Br)n1-c1ccccc1)Nc1nc2ccc(Br)cc2s1. The second-order valence-corrected chi connectivity index (χ2v) is 10.7. The smallest absolute Gasteiger partial charge is 0.236 e. The second-order valence-electron chi connectivity index (χ2n) is 6.92. The second kappa shape index (κ2) is 9.76. The quantitative estimate of drug-likeness (QED) is 0.217. The van der Waals surface area contributed by atoms with Gasteiger partial charge in [-0.25, -0.2) is 4.98 Å². The molecule has 0 saturated carbocycles. The van der Waals surface area contributed by atoms with Crippen LogP contribution in [0.1, 0.15) is 0 Å². The average Bonchev–Trinajstić information content (AvgIpc) is 3.41. The van der Waals surface area contributed by atoms with E-state index in [1.165, 1.54) is 23.1 Å². The lowest BCUT2D eigenvalue weighted by Crippen LogP contribution is -2.14. The highest BCUT2D eigenvalue weighted by Gasteiger charge is 2.19. The maximum Gasteiger partial charge on any atom is 0.236 e. The number of amides is 1. The molecule has 0 radical (unpaired) electrons. The normalized spacial score (nSPS) is 11.1. The summed E-state index contributed by atoms with van der Waals surface area (Å²) in [5.74, 6) is 0.733. The molecule has 0 fully saturated rings. The minimum Gasteiger partial charge on any atom is -0.301 e. The third kappa shape index (κ3) is 4.89. The number of carbonyl (C=O) groups excluding carboxylic acids is 1. The number of nitrogens with one attached hydrogen (secondary N) is 1. The van der Waals surface area contributed by atoms with Crippen LogP contribution in [0.4, 0.5) is 5.13 Å². The van der Waals surface area contributed by atoms with Gasteiger partial charge >= 0.3 is 0 Å². The van der Waals surface area contributed by atoms with Gasteiger partial charge in [-0.05, 0) is 36.4 Å². The first-order valence-electron chi connectivity index (χ1n) is 9.83. The first kappa shape index (κ1) is 22.3. The molecule has 0 aliphatic carbocycles. The molecule has 0 aliphatic rings. The average molecular weight is 601 g/mol. The van der Waals surface area contributed by atoms with Crippen LogP contribution in [-0.4, -0.2) is 31.4 Å². The molecule has 6 nitrogen and oxygen atoms in total. The van der Waals surface area contributed by atoms with Gasteiger partial charge in [0.1, 0.15) is 0 Å². The van der Waals surface area contributed by atoms with Crippen molar-refractivity contribution in [3.05, 3.63) is 81.7 Å². The van der Waals surface area contributed by atoms with Gasteiger partial charge in [-0.3, -0.25) is 9.36 Å². The zero-order valence-corrected chi connectivity index (χ0v) is 21.7. The number of thiazole rings is 1. The Balaban J connectivity index is 1.39. The number of rotatable bonds is 6. The lowest BCUT2D eigenvalue weighted by Gasteiger charge is -2.11. The summed E-state index contributed by atoms with van der Waals surface area (Å²) in [7, 11) is 0. The van der Waals surface area contributed by atoms with E-state index in [0.29, 0.717) is 16.1 Å². The molecule has 33 heavy (non-hydrogen) atoms. The Bertz CT molecular complexity index is 1450. The van der Waals surface area contributed by atoms with Crippen LogP contribution in [0.5, 0.6) is 0 Å². The molecule has 0 atom stereocenters. The van der Waals surface area contributed by atoms with Crippen molar-refractivity contribution in [3.63, 3.8) is 0 Å².